The zero-order chi connectivity index (χ0) is 19.4. The fourth-order valence-corrected chi connectivity index (χ4v) is 2.52. The van der Waals surface area contributed by atoms with Crippen molar-refractivity contribution in [1.29, 1.82) is 0 Å². The van der Waals surface area contributed by atoms with E-state index in [4.69, 9.17) is 28.7 Å². The third-order valence-corrected chi connectivity index (χ3v) is 3.35. The number of rotatable bonds is 6. The molecule has 0 aromatic rings. The van der Waals surface area contributed by atoms with Crippen LogP contribution in [0.3, 0.4) is 0 Å². The summed E-state index contributed by atoms with van der Waals surface area (Å²) in [6.45, 7) is 2.44. The molecular weight excluding hydrogens is 369 g/mol. The number of hydrogen-bond donors (Lipinski definition) is 2. The van der Waals surface area contributed by atoms with Crippen molar-refractivity contribution >= 4 is 25.7 Å². The summed E-state index contributed by atoms with van der Waals surface area (Å²) in [5.74, 6) is -2.57. The Kier molecular flexibility index (Phi) is 7.44. The van der Waals surface area contributed by atoms with E-state index in [2.05, 4.69) is 4.52 Å². The number of phosphoric ester groups is 1. The summed E-state index contributed by atoms with van der Waals surface area (Å²) < 4.78 is 49.0. The van der Waals surface area contributed by atoms with Crippen molar-refractivity contribution in [3.05, 3.63) is 0 Å². The molecular formula is C12H18FO11P. The summed E-state index contributed by atoms with van der Waals surface area (Å²) in [7, 11) is -5.17. The van der Waals surface area contributed by atoms with Gasteiger partial charge < -0.3 is 28.7 Å². The molecule has 0 spiro atoms. The molecule has 0 aromatic carbocycles. The van der Waals surface area contributed by atoms with Crippen molar-refractivity contribution < 1.29 is 56.6 Å². The lowest BCUT2D eigenvalue weighted by molar-refractivity contribution is -0.274. The summed E-state index contributed by atoms with van der Waals surface area (Å²) in [6, 6.07) is 0. The van der Waals surface area contributed by atoms with Gasteiger partial charge in [-0.05, 0) is 0 Å². The van der Waals surface area contributed by atoms with Crippen LogP contribution in [0.15, 0.2) is 0 Å². The van der Waals surface area contributed by atoms with Crippen LogP contribution < -0.4 is 0 Å². The third kappa shape index (κ3) is 7.04. The van der Waals surface area contributed by atoms with E-state index >= 15 is 0 Å². The second-order valence-corrected chi connectivity index (χ2v) is 6.23. The Hall–Kier alpha value is -1.59. The van der Waals surface area contributed by atoms with Gasteiger partial charge in [-0.3, -0.25) is 18.9 Å². The van der Waals surface area contributed by atoms with Crippen LogP contribution in [0.2, 0.25) is 0 Å². The summed E-state index contributed by atoms with van der Waals surface area (Å²) in [5, 5.41) is 0. The highest BCUT2D eigenvalue weighted by atomic mass is 31.2. The fourth-order valence-electron chi connectivity index (χ4n) is 2.08. The number of ether oxygens (including phenoxy) is 4. The number of phosphoric acid groups is 1. The van der Waals surface area contributed by atoms with E-state index in [0.29, 0.717) is 0 Å². The highest BCUT2D eigenvalue weighted by Crippen LogP contribution is 2.42. The molecule has 0 aromatic heterocycles. The molecule has 0 unspecified atom stereocenters. The average Bonchev–Trinajstić information content (AvgIpc) is 2.42. The molecule has 0 bridgehead atoms. The number of alkyl halides is 1. The quantitative estimate of drug-likeness (QED) is 0.347. The molecule has 2 N–H and O–H groups in total. The Labute approximate surface area is 141 Å². The maximum atomic E-state index is 14.5. The molecule has 1 saturated heterocycles. The molecule has 1 rings (SSSR count). The number of halogens is 1. The summed E-state index contributed by atoms with van der Waals surface area (Å²) in [4.78, 5) is 51.1. The second-order valence-electron chi connectivity index (χ2n) is 5.03. The van der Waals surface area contributed by atoms with Crippen LogP contribution in [-0.2, 0) is 42.4 Å². The molecule has 1 heterocycles. The predicted molar refractivity (Wildman–Crippen MR) is 74.4 cm³/mol. The van der Waals surface area contributed by atoms with Crippen LogP contribution in [0.25, 0.3) is 0 Å². The molecule has 1 aliphatic rings. The van der Waals surface area contributed by atoms with Crippen molar-refractivity contribution in [3.8, 4) is 0 Å². The topological polar surface area (TPSA) is 155 Å². The molecule has 11 nitrogen and oxygen atoms in total. The first-order chi connectivity index (χ1) is 11.4. The Morgan fingerprint density at radius 1 is 1.04 bits per heavy atom. The monoisotopic (exact) mass is 387 g/mol. The molecule has 25 heavy (non-hydrogen) atoms. The zero-order valence-electron chi connectivity index (χ0n) is 13.5. The van der Waals surface area contributed by atoms with Gasteiger partial charge in [-0.1, -0.05) is 0 Å². The van der Waals surface area contributed by atoms with E-state index in [-0.39, 0.29) is 0 Å². The van der Waals surface area contributed by atoms with E-state index in [9.17, 15) is 23.3 Å². The summed E-state index contributed by atoms with van der Waals surface area (Å²) >= 11 is 0. The minimum atomic E-state index is -5.17. The smallest absolute Gasteiger partial charge is 0.463 e. The van der Waals surface area contributed by atoms with Gasteiger partial charge in [0, 0.05) is 20.8 Å². The van der Waals surface area contributed by atoms with Crippen molar-refractivity contribution in [2.45, 2.75) is 51.5 Å². The SMILES string of the molecule is CC(=O)OC[C@H]1O[C@H](OP(=O)(O)O)[C@H]([18F])[C@@H](OC(C)=O)[C@@H]1OC(C)=O. The van der Waals surface area contributed by atoms with E-state index in [1.54, 1.807) is 0 Å². The zero-order valence-corrected chi connectivity index (χ0v) is 14.4. The van der Waals surface area contributed by atoms with Gasteiger partial charge in [0.05, 0.1) is 0 Å². The molecule has 0 saturated carbocycles. The first-order valence-electron chi connectivity index (χ1n) is 6.92. The van der Waals surface area contributed by atoms with Gasteiger partial charge in [-0.25, -0.2) is 8.96 Å². The lowest BCUT2D eigenvalue weighted by atomic mass is 9.99. The lowest BCUT2D eigenvalue weighted by Gasteiger charge is -2.41. The van der Waals surface area contributed by atoms with Crippen LogP contribution in [-0.4, -0.2) is 65.1 Å². The Morgan fingerprint density at radius 2 is 1.56 bits per heavy atom. The Morgan fingerprint density at radius 3 is 2.00 bits per heavy atom. The van der Waals surface area contributed by atoms with E-state index in [1.807, 2.05) is 0 Å². The molecule has 0 amide bonds. The van der Waals surface area contributed by atoms with Gasteiger partial charge in [0.15, 0.2) is 18.4 Å². The van der Waals surface area contributed by atoms with Gasteiger partial charge in [0.2, 0.25) is 6.29 Å². The van der Waals surface area contributed by atoms with Crippen molar-refractivity contribution in [2.75, 3.05) is 6.61 Å². The molecule has 0 radical (unpaired) electrons. The molecule has 144 valence electrons. The van der Waals surface area contributed by atoms with Gasteiger partial charge in [-0.2, -0.15) is 0 Å². The van der Waals surface area contributed by atoms with Crippen LogP contribution in [0.5, 0.6) is 0 Å². The Balaban J connectivity index is 3.13. The highest BCUT2D eigenvalue weighted by molar-refractivity contribution is 7.46. The molecule has 1 aliphatic heterocycles. The van der Waals surface area contributed by atoms with Crippen LogP contribution in [0.1, 0.15) is 20.8 Å². The standard InChI is InChI=1S/C12H18FO11P/c1-5(14)20-4-8-10(21-6(2)15)11(22-7(3)16)9(13)12(23-8)24-25(17,18)19/h8-12H,4H2,1-3H3,(H2,17,18,19)/t8-,9-,10-,11-,12-/m1/s1/i13-1. The summed E-state index contributed by atoms with van der Waals surface area (Å²) in [5.41, 5.74) is 0. The second kappa shape index (κ2) is 8.68. The van der Waals surface area contributed by atoms with Gasteiger partial charge in [0.25, 0.3) is 0 Å². The minimum Gasteiger partial charge on any atom is -0.463 e. The number of hydrogen-bond acceptors (Lipinski definition) is 9. The largest absolute Gasteiger partial charge is 0.472 e. The number of esters is 3. The van der Waals surface area contributed by atoms with E-state index < -0.39 is 63.1 Å². The maximum Gasteiger partial charge on any atom is 0.472 e. The number of carbonyl (C=O) groups is 3. The lowest BCUT2D eigenvalue weighted by Crippen LogP contribution is -2.60. The van der Waals surface area contributed by atoms with Crippen molar-refractivity contribution in [3.63, 3.8) is 0 Å². The van der Waals surface area contributed by atoms with Gasteiger partial charge in [-0.15, -0.1) is 0 Å². The first-order valence-corrected chi connectivity index (χ1v) is 8.45. The molecule has 5 atom stereocenters. The van der Waals surface area contributed by atoms with Crippen LogP contribution in [0, 0.1) is 0 Å². The minimum absolute atomic E-state index is 0.571. The van der Waals surface area contributed by atoms with E-state index in [1.165, 1.54) is 0 Å². The average molecular weight is 387 g/mol. The molecule has 0 aliphatic carbocycles. The predicted octanol–water partition coefficient (Wildman–Crippen LogP) is -0.415. The number of carbonyl (C=O) groups excluding carboxylic acids is 3. The first kappa shape index (κ1) is 21.5. The molecule has 1 fully saturated rings. The van der Waals surface area contributed by atoms with Crippen LogP contribution >= 0.6 is 7.82 Å². The normalized spacial score (nSPS) is 29.6. The van der Waals surface area contributed by atoms with Crippen molar-refractivity contribution in [1.82, 2.24) is 0 Å². The van der Waals surface area contributed by atoms with Gasteiger partial charge >= 0.3 is 25.7 Å². The third-order valence-electron chi connectivity index (χ3n) is 2.87. The summed E-state index contributed by atoms with van der Waals surface area (Å²) in [6.07, 6.45) is -9.28. The van der Waals surface area contributed by atoms with Gasteiger partial charge in [0.1, 0.15) is 12.7 Å². The van der Waals surface area contributed by atoms with Crippen LogP contribution in [0.4, 0.5) is 4.39 Å². The Bertz CT molecular complexity index is 561. The maximum absolute atomic E-state index is 14.5. The fraction of sp³-hybridized carbons (Fsp3) is 0.750. The molecule has 13 heteroatoms. The highest BCUT2D eigenvalue weighted by Gasteiger charge is 2.52. The van der Waals surface area contributed by atoms with Crippen molar-refractivity contribution in [2.24, 2.45) is 0 Å². The van der Waals surface area contributed by atoms with E-state index in [0.717, 1.165) is 20.8 Å².